The van der Waals surface area contributed by atoms with Gasteiger partial charge in [0, 0.05) is 43.3 Å². The number of aromatic nitrogens is 1. The quantitative estimate of drug-likeness (QED) is 0.616. The number of halogens is 1. The number of hydrogen-bond acceptors (Lipinski definition) is 3. The fourth-order valence-corrected chi connectivity index (χ4v) is 4.76. The lowest BCUT2D eigenvalue weighted by Crippen LogP contribution is -2.57. The van der Waals surface area contributed by atoms with Gasteiger partial charge in [0.2, 0.25) is 0 Å². The predicted molar refractivity (Wildman–Crippen MR) is 107 cm³/mol. The van der Waals surface area contributed by atoms with Gasteiger partial charge < -0.3 is 15.2 Å². The summed E-state index contributed by atoms with van der Waals surface area (Å²) in [5.74, 6) is 0.621. The maximum atomic E-state index is 13.3. The SMILES string of the molecule is CCNC(=NCCc1c[nH]c2cc(F)ccc12)N1CCS(=O)(=O)C(C)(C)C1. The molecule has 0 radical (unpaired) electrons. The molecule has 1 aromatic heterocycles. The highest BCUT2D eigenvalue weighted by Gasteiger charge is 2.40. The van der Waals surface area contributed by atoms with E-state index < -0.39 is 14.6 Å². The van der Waals surface area contributed by atoms with Crippen molar-refractivity contribution in [2.24, 2.45) is 4.99 Å². The summed E-state index contributed by atoms with van der Waals surface area (Å²) in [4.78, 5) is 9.82. The number of nitrogens with zero attached hydrogens (tertiary/aromatic N) is 2. The number of sulfone groups is 1. The molecule has 0 bridgehead atoms. The fraction of sp³-hybridized carbons (Fsp3) is 0.526. The number of nitrogens with one attached hydrogen (secondary N) is 2. The number of H-pyrrole nitrogens is 1. The molecule has 2 heterocycles. The summed E-state index contributed by atoms with van der Waals surface area (Å²) in [6, 6.07) is 4.73. The predicted octanol–water partition coefficient (Wildman–Crippen LogP) is 2.32. The van der Waals surface area contributed by atoms with Gasteiger partial charge in [-0.2, -0.15) is 0 Å². The minimum Gasteiger partial charge on any atom is -0.361 e. The summed E-state index contributed by atoms with van der Waals surface area (Å²) in [6.45, 7) is 7.69. The first kappa shape index (κ1) is 19.7. The highest BCUT2D eigenvalue weighted by molar-refractivity contribution is 7.92. The van der Waals surface area contributed by atoms with Crippen LogP contribution in [0.25, 0.3) is 10.9 Å². The highest BCUT2D eigenvalue weighted by Crippen LogP contribution is 2.24. The lowest BCUT2D eigenvalue weighted by atomic mass is 10.1. The van der Waals surface area contributed by atoms with Crippen molar-refractivity contribution in [2.45, 2.75) is 31.9 Å². The molecule has 8 heteroatoms. The molecular formula is C19H27FN4O2S. The van der Waals surface area contributed by atoms with Crippen molar-refractivity contribution in [3.05, 3.63) is 35.8 Å². The van der Waals surface area contributed by atoms with E-state index >= 15 is 0 Å². The van der Waals surface area contributed by atoms with Crippen LogP contribution in [0.1, 0.15) is 26.3 Å². The van der Waals surface area contributed by atoms with Gasteiger partial charge in [-0.3, -0.25) is 4.99 Å². The van der Waals surface area contributed by atoms with Crippen LogP contribution in [0.4, 0.5) is 4.39 Å². The van der Waals surface area contributed by atoms with E-state index in [2.05, 4.69) is 10.3 Å². The van der Waals surface area contributed by atoms with E-state index in [-0.39, 0.29) is 11.6 Å². The molecule has 1 aliphatic rings. The van der Waals surface area contributed by atoms with E-state index in [1.807, 2.05) is 18.0 Å². The molecule has 27 heavy (non-hydrogen) atoms. The van der Waals surface area contributed by atoms with Gasteiger partial charge in [-0.25, -0.2) is 12.8 Å². The first-order valence-corrected chi connectivity index (χ1v) is 10.9. The third kappa shape index (κ3) is 4.10. The van der Waals surface area contributed by atoms with Gasteiger partial charge in [-0.1, -0.05) is 0 Å². The van der Waals surface area contributed by atoms with Crippen molar-refractivity contribution in [3.8, 4) is 0 Å². The smallest absolute Gasteiger partial charge is 0.194 e. The third-order valence-electron chi connectivity index (χ3n) is 5.05. The Bertz CT molecular complexity index is 950. The summed E-state index contributed by atoms with van der Waals surface area (Å²) in [6.07, 6.45) is 2.61. The lowest BCUT2D eigenvalue weighted by Gasteiger charge is -2.39. The number of aromatic amines is 1. The Labute approximate surface area is 159 Å². The number of hydrogen-bond donors (Lipinski definition) is 2. The number of fused-ring (bicyclic) bond motifs is 1. The van der Waals surface area contributed by atoms with Crippen LogP contribution in [0.5, 0.6) is 0 Å². The van der Waals surface area contributed by atoms with E-state index in [0.29, 0.717) is 19.6 Å². The molecule has 1 aliphatic heterocycles. The van der Waals surface area contributed by atoms with Crippen LogP contribution in [-0.2, 0) is 16.3 Å². The van der Waals surface area contributed by atoms with Crippen LogP contribution in [0.3, 0.4) is 0 Å². The van der Waals surface area contributed by atoms with Crippen molar-refractivity contribution in [1.82, 2.24) is 15.2 Å². The molecule has 6 nitrogen and oxygen atoms in total. The first-order valence-electron chi connectivity index (χ1n) is 9.24. The standard InChI is InChI=1S/C19H27FN4O2S/c1-4-21-18(24-9-10-27(25,26)19(2,3)13-24)22-8-7-14-12-23-17-11-15(20)5-6-16(14)17/h5-6,11-12,23H,4,7-10,13H2,1-3H3,(H,21,22). The number of aliphatic imine (C=N–C) groups is 1. The average molecular weight is 395 g/mol. The third-order valence-corrected chi connectivity index (χ3v) is 7.58. The molecule has 0 atom stereocenters. The first-order chi connectivity index (χ1) is 12.7. The molecular weight excluding hydrogens is 367 g/mol. The molecule has 2 N–H and O–H groups in total. The molecule has 2 aromatic rings. The minimum atomic E-state index is -3.09. The zero-order valence-corrected chi connectivity index (χ0v) is 16.9. The molecule has 148 valence electrons. The Hall–Kier alpha value is -2.09. The summed E-state index contributed by atoms with van der Waals surface area (Å²) in [5, 5.41) is 4.27. The molecule has 0 unspecified atom stereocenters. The number of rotatable bonds is 4. The van der Waals surface area contributed by atoms with Crippen molar-refractivity contribution < 1.29 is 12.8 Å². The van der Waals surface area contributed by atoms with Crippen LogP contribution in [0.15, 0.2) is 29.4 Å². The Morgan fingerprint density at radius 3 is 2.89 bits per heavy atom. The lowest BCUT2D eigenvalue weighted by molar-refractivity contribution is 0.353. The van der Waals surface area contributed by atoms with E-state index in [4.69, 9.17) is 4.99 Å². The summed E-state index contributed by atoms with van der Waals surface area (Å²) in [7, 11) is -3.09. The largest absolute Gasteiger partial charge is 0.361 e. The maximum absolute atomic E-state index is 13.3. The van der Waals surface area contributed by atoms with Gasteiger partial charge in [0.15, 0.2) is 15.8 Å². The molecule has 1 fully saturated rings. The Kier molecular flexibility index (Phi) is 5.46. The molecule has 3 rings (SSSR count). The molecule has 0 aliphatic carbocycles. The summed E-state index contributed by atoms with van der Waals surface area (Å²) < 4.78 is 37.0. The van der Waals surface area contributed by atoms with Crippen molar-refractivity contribution in [3.63, 3.8) is 0 Å². The molecule has 0 amide bonds. The van der Waals surface area contributed by atoms with Gasteiger partial charge >= 0.3 is 0 Å². The van der Waals surface area contributed by atoms with E-state index in [1.165, 1.54) is 12.1 Å². The highest BCUT2D eigenvalue weighted by atomic mass is 32.2. The second-order valence-corrected chi connectivity index (χ2v) is 10.2. The summed E-state index contributed by atoms with van der Waals surface area (Å²) in [5.41, 5.74) is 1.87. The van der Waals surface area contributed by atoms with Crippen LogP contribution in [0, 0.1) is 5.82 Å². The van der Waals surface area contributed by atoms with Crippen molar-refractivity contribution >= 4 is 26.7 Å². The molecule has 0 saturated carbocycles. The zero-order chi connectivity index (χ0) is 19.7. The van der Waals surface area contributed by atoms with Crippen LogP contribution >= 0.6 is 0 Å². The van der Waals surface area contributed by atoms with Gasteiger partial charge in [-0.15, -0.1) is 0 Å². The number of benzene rings is 1. The van der Waals surface area contributed by atoms with E-state index in [0.717, 1.165) is 35.4 Å². The topological polar surface area (TPSA) is 77.6 Å². The second kappa shape index (κ2) is 7.50. The Morgan fingerprint density at radius 1 is 1.41 bits per heavy atom. The van der Waals surface area contributed by atoms with Gasteiger partial charge in [0.1, 0.15) is 5.82 Å². The van der Waals surface area contributed by atoms with Crippen LogP contribution in [0.2, 0.25) is 0 Å². The zero-order valence-electron chi connectivity index (χ0n) is 16.0. The minimum absolute atomic E-state index is 0.137. The van der Waals surface area contributed by atoms with Crippen molar-refractivity contribution in [2.75, 3.05) is 31.9 Å². The van der Waals surface area contributed by atoms with E-state index in [9.17, 15) is 12.8 Å². The van der Waals surface area contributed by atoms with Crippen LogP contribution in [-0.4, -0.2) is 60.9 Å². The van der Waals surface area contributed by atoms with Crippen molar-refractivity contribution in [1.29, 1.82) is 0 Å². The Morgan fingerprint density at radius 2 is 2.19 bits per heavy atom. The average Bonchev–Trinajstić information content (AvgIpc) is 2.99. The van der Waals surface area contributed by atoms with Gasteiger partial charge in [-0.05, 0) is 51.0 Å². The van der Waals surface area contributed by atoms with Crippen LogP contribution < -0.4 is 5.32 Å². The Balaban J connectivity index is 1.72. The maximum Gasteiger partial charge on any atom is 0.194 e. The molecule has 1 aromatic carbocycles. The van der Waals surface area contributed by atoms with Gasteiger partial charge in [0.25, 0.3) is 0 Å². The second-order valence-electron chi connectivity index (χ2n) is 7.49. The number of guanidine groups is 1. The fourth-order valence-electron chi connectivity index (χ4n) is 3.40. The normalized spacial score (nSPS) is 19.4. The monoisotopic (exact) mass is 394 g/mol. The summed E-state index contributed by atoms with van der Waals surface area (Å²) >= 11 is 0. The van der Waals surface area contributed by atoms with E-state index in [1.54, 1.807) is 19.9 Å². The van der Waals surface area contributed by atoms with Gasteiger partial charge in [0.05, 0.1) is 10.5 Å². The molecule has 1 saturated heterocycles. The molecule has 0 spiro atoms.